The van der Waals surface area contributed by atoms with Crippen molar-refractivity contribution in [3.05, 3.63) is 53.6 Å². The fourth-order valence-corrected chi connectivity index (χ4v) is 3.35. The normalized spacial score (nSPS) is 12.7. The van der Waals surface area contributed by atoms with Crippen molar-refractivity contribution in [2.24, 2.45) is 5.92 Å². The van der Waals surface area contributed by atoms with E-state index in [0.29, 0.717) is 32.0 Å². The van der Waals surface area contributed by atoms with Gasteiger partial charge in [-0.25, -0.2) is 0 Å². The standard InChI is InChI=1S/C28H44N2O3/c1-5-23(2)14-15-24(3)11-10-21-33-22-20-28(32)30-26-18-16-25(17-19-26)12-8-6-7-9-13-27(31)29-4/h5,14-19,24H,6-13,20-22H2,1-4H3,(H,29,31)(H,30,32)/b15-14-,23-5-. The van der Waals surface area contributed by atoms with Crippen LogP contribution in [-0.2, 0) is 20.7 Å². The zero-order valence-corrected chi connectivity index (χ0v) is 21.1. The predicted octanol–water partition coefficient (Wildman–Crippen LogP) is 6.21. The summed E-state index contributed by atoms with van der Waals surface area (Å²) in [6.45, 7) is 7.51. The number of hydrogen-bond acceptors (Lipinski definition) is 3. The van der Waals surface area contributed by atoms with Crippen LogP contribution in [0.4, 0.5) is 5.69 Å². The minimum absolute atomic E-state index is 0.0167. The molecule has 0 spiro atoms. The van der Waals surface area contributed by atoms with E-state index in [1.165, 1.54) is 11.1 Å². The van der Waals surface area contributed by atoms with E-state index in [2.05, 4.69) is 54.8 Å². The van der Waals surface area contributed by atoms with Gasteiger partial charge in [0.15, 0.2) is 0 Å². The highest BCUT2D eigenvalue weighted by Gasteiger charge is 2.04. The first-order valence-corrected chi connectivity index (χ1v) is 12.4. The second-order valence-electron chi connectivity index (χ2n) is 8.71. The molecule has 0 aliphatic carbocycles. The summed E-state index contributed by atoms with van der Waals surface area (Å²) >= 11 is 0. The highest BCUT2D eigenvalue weighted by atomic mass is 16.5. The number of rotatable bonds is 17. The second-order valence-corrected chi connectivity index (χ2v) is 8.71. The topological polar surface area (TPSA) is 67.4 Å². The van der Waals surface area contributed by atoms with Gasteiger partial charge in [0.05, 0.1) is 13.0 Å². The van der Waals surface area contributed by atoms with Crippen LogP contribution in [0.1, 0.15) is 77.7 Å². The van der Waals surface area contributed by atoms with Gasteiger partial charge in [-0.3, -0.25) is 9.59 Å². The van der Waals surface area contributed by atoms with Gasteiger partial charge in [0.2, 0.25) is 11.8 Å². The molecule has 2 amide bonds. The van der Waals surface area contributed by atoms with Crippen LogP contribution in [0.5, 0.6) is 0 Å². The fraction of sp³-hybridized carbons (Fsp3) is 0.571. The monoisotopic (exact) mass is 456 g/mol. The van der Waals surface area contributed by atoms with E-state index >= 15 is 0 Å². The molecule has 5 heteroatoms. The summed E-state index contributed by atoms with van der Waals surface area (Å²) in [6.07, 6.45) is 14.9. The van der Waals surface area contributed by atoms with Crippen LogP contribution in [0.3, 0.4) is 0 Å². The van der Waals surface area contributed by atoms with E-state index in [4.69, 9.17) is 4.74 Å². The first-order chi connectivity index (χ1) is 15.9. The van der Waals surface area contributed by atoms with E-state index in [0.717, 1.165) is 50.6 Å². The lowest BCUT2D eigenvalue weighted by molar-refractivity contribution is -0.120. The van der Waals surface area contributed by atoms with Crippen LogP contribution in [-0.4, -0.2) is 32.1 Å². The van der Waals surface area contributed by atoms with Gasteiger partial charge in [0, 0.05) is 25.8 Å². The third-order valence-corrected chi connectivity index (χ3v) is 5.70. The maximum atomic E-state index is 12.1. The van der Waals surface area contributed by atoms with Gasteiger partial charge in [-0.15, -0.1) is 0 Å². The molecule has 0 aromatic heterocycles. The SMILES string of the molecule is C/C=C(C)\C=C/C(C)CCCOCCC(=O)Nc1ccc(CCCCCCC(=O)NC)cc1. The van der Waals surface area contributed by atoms with Gasteiger partial charge in [-0.1, -0.05) is 55.7 Å². The Kier molecular flexibility index (Phi) is 15.7. The van der Waals surface area contributed by atoms with Gasteiger partial charge in [0.25, 0.3) is 0 Å². The molecule has 1 aromatic carbocycles. The average molecular weight is 457 g/mol. The first kappa shape index (κ1) is 28.6. The zero-order valence-electron chi connectivity index (χ0n) is 21.1. The third kappa shape index (κ3) is 15.1. The molecule has 0 saturated carbocycles. The number of nitrogens with one attached hydrogen (secondary N) is 2. The molecule has 0 bridgehead atoms. The second kappa shape index (κ2) is 18.1. The molecule has 1 rings (SSSR count). The number of benzene rings is 1. The molecule has 1 aromatic rings. The number of anilines is 1. The molecule has 5 nitrogen and oxygen atoms in total. The smallest absolute Gasteiger partial charge is 0.226 e. The minimum atomic E-state index is -0.0167. The summed E-state index contributed by atoms with van der Waals surface area (Å²) < 4.78 is 5.63. The largest absolute Gasteiger partial charge is 0.381 e. The number of hydrogen-bond donors (Lipinski definition) is 2. The lowest BCUT2D eigenvalue weighted by atomic mass is 10.0. The highest BCUT2D eigenvalue weighted by Crippen LogP contribution is 2.14. The van der Waals surface area contributed by atoms with E-state index in [9.17, 15) is 9.59 Å². The summed E-state index contributed by atoms with van der Waals surface area (Å²) in [4.78, 5) is 23.3. The molecular formula is C28H44N2O3. The van der Waals surface area contributed by atoms with Gasteiger partial charge in [-0.05, 0) is 69.6 Å². The number of amides is 2. The number of carbonyl (C=O) groups excluding carboxylic acids is 2. The maximum Gasteiger partial charge on any atom is 0.226 e. The lowest BCUT2D eigenvalue weighted by Gasteiger charge is -2.09. The fourth-order valence-electron chi connectivity index (χ4n) is 3.35. The Balaban J connectivity index is 2.11. The molecule has 1 atom stereocenters. The number of ether oxygens (including phenoxy) is 1. The van der Waals surface area contributed by atoms with Crippen LogP contribution in [0, 0.1) is 5.92 Å². The van der Waals surface area contributed by atoms with Gasteiger partial charge < -0.3 is 15.4 Å². The van der Waals surface area contributed by atoms with Crippen molar-refractivity contribution in [3.8, 4) is 0 Å². The molecular weight excluding hydrogens is 412 g/mol. The number of unbranched alkanes of at least 4 members (excludes halogenated alkanes) is 3. The van der Waals surface area contributed by atoms with Crippen molar-refractivity contribution in [1.82, 2.24) is 5.32 Å². The van der Waals surface area contributed by atoms with Gasteiger partial charge >= 0.3 is 0 Å². The number of carbonyl (C=O) groups is 2. The third-order valence-electron chi connectivity index (χ3n) is 5.70. The molecule has 0 heterocycles. The zero-order chi connectivity index (χ0) is 24.3. The summed E-state index contributed by atoms with van der Waals surface area (Å²) in [7, 11) is 1.68. The van der Waals surface area contributed by atoms with Crippen molar-refractivity contribution in [2.75, 3.05) is 25.6 Å². The summed E-state index contributed by atoms with van der Waals surface area (Å²) in [6, 6.07) is 8.07. The molecule has 0 aliphatic rings. The Morgan fingerprint density at radius 3 is 2.39 bits per heavy atom. The summed E-state index contributed by atoms with van der Waals surface area (Å²) in [5.74, 6) is 0.633. The number of aryl methyl sites for hydroxylation is 1. The van der Waals surface area contributed by atoms with Crippen LogP contribution in [0.15, 0.2) is 48.1 Å². The van der Waals surface area contributed by atoms with Crippen LogP contribution in [0.25, 0.3) is 0 Å². The Labute approximate surface area is 201 Å². The first-order valence-electron chi connectivity index (χ1n) is 12.4. The Hall–Kier alpha value is -2.40. The van der Waals surface area contributed by atoms with E-state index in [1.807, 2.05) is 19.1 Å². The summed E-state index contributed by atoms with van der Waals surface area (Å²) in [5, 5.41) is 5.59. The molecule has 33 heavy (non-hydrogen) atoms. The molecule has 0 aliphatic heterocycles. The molecule has 1 unspecified atom stereocenters. The predicted molar refractivity (Wildman–Crippen MR) is 138 cm³/mol. The Morgan fingerprint density at radius 2 is 1.70 bits per heavy atom. The van der Waals surface area contributed by atoms with Crippen molar-refractivity contribution < 1.29 is 14.3 Å². The van der Waals surface area contributed by atoms with Gasteiger partial charge in [-0.2, -0.15) is 0 Å². The molecule has 0 saturated heterocycles. The van der Waals surface area contributed by atoms with E-state index in [1.54, 1.807) is 7.05 Å². The molecule has 0 fully saturated rings. The van der Waals surface area contributed by atoms with Crippen molar-refractivity contribution in [3.63, 3.8) is 0 Å². The Morgan fingerprint density at radius 1 is 0.970 bits per heavy atom. The average Bonchev–Trinajstić information content (AvgIpc) is 2.82. The van der Waals surface area contributed by atoms with Crippen molar-refractivity contribution in [1.29, 1.82) is 0 Å². The van der Waals surface area contributed by atoms with Gasteiger partial charge in [0.1, 0.15) is 0 Å². The quantitative estimate of drug-likeness (QED) is 0.216. The lowest BCUT2D eigenvalue weighted by Crippen LogP contribution is -2.16. The highest BCUT2D eigenvalue weighted by molar-refractivity contribution is 5.90. The van der Waals surface area contributed by atoms with Crippen LogP contribution < -0.4 is 10.6 Å². The molecule has 2 N–H and O–H groups in total. The Bertz CT molecular complexity index is 738. The maximum absolute atomic E-state index is 12.1. The molecule has 184 valence electrons. The van der Waals surface area contributed by atoms with Crippen molar-refractivity contribution in [2.45, 2.75) is 78.6 Å². The van der Waals surface area contributed by atoms with E-state index < -0.39 is 0 Å². The summed E-state index contributed by atoms with van der Waals surface area (Å²) in [5.41, 5.74) is 3.38. The number of allylic oxidation sites excluding steroid dienone is 4. The molecule has 0 radical (unpaired) electrons. The minimum Gasteiger partial charge on any atom is -0.381 e. The van der Waals surface area contributed by atoms with Crippen LogP contribution in [0.2, 0.25) is 0 Å². The van der Waals surface area contributed by atoms with Crippen LogP contribution >= 0.6 is 0 Å². The van der Waals surface area contributed by atoms with E-state index in [-0.39, 0.29) is 11.8 Å². The van der Waals surface area contributed by atoms with Crippen molar-refractivity contribution >= 4 is 17.5 Å².